The number of halogens is 1. The first-order valence-corrected chi connectivity index (χ1v) is 10.8. The molecule has 1 fully saturated rings. The van der Waals surface area contributed by atoms with E-state index in [1.54, 1.807) is 19.1 Å². The van der Waals surface area contributed by atoms with Crippen LogP contribution in [0.5, 0.6) is 5.75 Å². The molecule has 0 aliphatic heterocycles. The minimum atomic E-state index is -3.87. The van der Waals surface area contributed by atoms with Gasteiger partial charge < -0.3 is 9.26 Å². The van der Waals surface area contributed by atoms with Crippen molar-refractivity contribution in [3.63, 3.8) is 0 Å². The van der Waals surface area contributed by atoms with Gasteiger partial charge in [0.15, 0.2) is 5.82 Å². The number of hydrogen-bond acceptors (Lipinski definition) is 6. The Hall–Kier alpha value is -1.45. The van der Waals surface area contributed by atoms with Crippen LogP contribution in [0.15, 0.2) is 32.1 Å². The van der Waals surface area contributed by atoms with Gasteiger partial charge in [-0.2, -0.15) is 9.71 Å². The fourth-order valence-corrected chi connectivity index (χ4v) is 5.50. The quantitative estimate of drug-likeness (QED) is 0.708. The van der Waals surface area contributed by atoms with Crippen molar-refractivity contribution < 1.29 is 17.7 Å². The van der Waals surface area contributed by atoms with E-state index in [2.05, 4.69) is 30.8 Å². The van der Waals surface area contributed by atoms with E-state index in [0.717, 1.165) is 25.7 Å². The minimum absolute atomic E-state index is 0.0817. The number of nitrogens with zero attached hydrogens (tertiary/aromatic N) is 2. The molecule has 0 amide bonds. The molecule has 0 saturated heterocycles. The Bertz CT molecular complexity index is 874. The molecule has 2 aromatic rings. The van der Waals surface area contributed by atoms with Gasteiger partial charge in [-0.05, 0) is 31.0 Å². The Morgan fingerprint density at radius 2 is 1.92 bits per heavy atom. The average molecular weight is 444 g/mol. The number of aryl methyl sites for hydroxylation is 1. The summed E-state index contributed by atoms with van der Waals surface area (Å²) in [6, 6.07) is 4.89. The Morgan fingerprint density at radius 3 is 2.50 bits per heavy atom. The van der Waals surface area contributed by atoms with Gasteiger partial charge in [0.05, 0.1) is 12.6 Å². The summed E-state index contributed by atoms with van der Waals surface area (Å²) in [5.74, 6) is 1.10. The lowest BCUT2D eigenvalue weighted by atomic mass is 9.91. The van der Waals surface area contributed by atoms with Crippen molar-refractivity contribution in [1.29, 1.82) is 0 Å². The van der Waals surface area contributed by atoms with Crippen LogP contribution >= 0.6 is 15.9 Å². The summed E-state index contributed by atoms with van der Waals surface area (Å²) in [6.07, 6.45) is 5.15. The zero-order valence-corrected chi connectivity index (χ0v) is 17.2. The van der Waals surface area contributed by atoms with Gasteiger partial charge in [0, 0.05) is 11.4 Å². The Kier molecular flexibility index (Phi) is 5.69. The van der Waals surface area contributed by atoms with E-state index >= 15 is 0 Å². The third-order valence-corrected chi connectivity index (χ3v) is 6.71. The van der Waals surface area contributed by atoms with E-state index in [4.69, 9.17) is 9.26 Å². The van der Waals surface area contributed by atoms with Crippen molar-refractivity contribution in [2.45, 2.75) is 55.9 Å². The maximum Gasteiger partial charge on any atom is 0.245 e. The van der Waals surface area contributed by atoms with Crippen LogP contribution in [0.1, 0.15) is 50.2 Å². The van der Waals surface area contributed by atoms with Crippen LogP contribution in [-0.4, -0.2) is 25.7 Å². The molecule has 0 unspecified atom stereocenters. The van der Waals surface area contributed by atoms with Gasteiger partial charge in [0.25, 0.3) is 0 Å². The van der Waals surface area contributed by atoms with Crippen LogP contribution in [0, 0.1) is 6.92 Å². The number of methoxy groups -OCH3 is 1. The van der Waals surface area contributed by atoms with Gasteiger partial charge in [-0.25, -0.2) is 8.42 Å². The lowest BCUT2D eigenvalue weighted by Crippen LogP contribution is -2.46. The Labute approximate surface area is 161 Å². The molecular weight excluding hydrogens is 422 g/mol. The fourth-order valence-electron chi connectivity index (χ4n) is 3.37. The first kappa shape index (κ1) is 19.3. The summed E-state index contributed by atoms with van der Waals surface area (Å²) in [5.41, 5.74) is -0.875. The topological polar surface area (TPSA) is 94.3 Å². The van der Waals surface area contributed by atoms with Crippen molar-refractivity contribution in [3.8, 4) is 5.75 Å². The summed E-state index contributed by atoms with van der Waals surface area (Å²) in [7, 11) is -2.41. The third kappa shape index (κ3) is 3.94. The highest BCUT2D eigenvalue weighted by Crippen LogP contribution is 2.37. The molecule has 1 heterocycles. The molecule has 1 aliphatic rings. The SMILES string of the molecule is COc1ccc(Br)cc1S(=O)(=O)NC1(c2noc(C)n2)CCCCCC1. The fraction of sp³-hybridized carbons (Fsp3) is 0.529. The molecular formula is C17H22BrN3O4S. The van der Waals surface area contributed by atoms with Gasteiger partial charge in [-0.1, -0.05) is 46.8 Å². The molecule has 9 heteroatoms. The molecule has 1 aliphatic carbocycles. The van der Waals surface area contributed by atoms with Crippen molar-refractivity contribution in [2.24, 2.45) is 0 Å². The predicted molar refractivity (Wildman–Crippen MR) is 99.4 cm³/mol. The largest absolute Gasteiger partial charge is 0.495 e. The van der Waals surface area contributed by atoms with E-state index in [0.29, 0.717) is 29.0 Å². The van der Waals surface area contributed by atoms with Crippen LogP contribution in [-0.2, 0) is 15.6 Å². The van der Waals surface area contributed by atoms with Gasteiger partial charge >= 0.3 is 0 Å². The highest BCUT2D eigenvalue weighted by molar-refractivity contribution is 9.10. The van der Waals surface area contributed by atoms with Gasteiger partial charge in [0.1, 0.15) is 10.6 Å². The zero-order chi connectivity index (χ0) is 18.8. The molecule has 1 aromatic carbocycles. The molecule has 1 saturated carbocycles. The summed E-state index contributed by atoms with van der Waals surface area (Å²) in [6.45, 7) is 1.70. The first-order chi connectivity index (χ1) is 12.4. The maximum absolute atomic E-state index is 13.2. The molecule has 26 heavy (non-hydrogen) atoms. The van der Waals surface area contributed by atoms with E-state index in [1.165, 1.54) is 13.2 Å². The summed E-state index contributed by atoms with van der Waals surface area (Å²) in [4.78, 5) is 4.42. The first-order valence-electron chi connectivity index (χ1n) is 8.55. The van der Waals surface area contributed by atoms with Crippen molar-refractivity contribution >= 4 is 26.0 Å². The van der Waals surface area contributed by atoms with Crippen molar-refractivity contribution in [3.05, 3.63) is 34.4 Å². The van der Waals surface area contributed by atoms with E-state index < -0.39 is 15.6 Å². The maximum atomic E-state index is 13.2. The molecule has 0 bridgehead atoms. The molecule has 1 N–H and O–H groups in total. The van der Waals surface area contributed by atoms with Crippen LogP contribution in [0.2, 0.25) is 0 Å². The van der Waals surface area contributed by atoms with E-state index in [1.807, 2.05) is 0 Å². The number of nitrogens with one attached hydrogen (secondary N) is 1. The normalized spacial score (nSPS) is 17.7. The Morgan fingerprint density at radius 1 is 1.23 bits per heavy atom. The second-order valence-corrected chi connectivity index (χ2v) is 9.10. The second kappa shape index (κ2) is 7.66. The average Bonchev–Trinajstić information content (AvgIpc) is 2.91. The number of sulfonamides is 1. The third-order valence-electron chi connectivity index (χ3n) is 4.66. The smallest absolute Gasteiger partial charge is 0.245 e. The number of ether oxygens (including phenoxy) is 1. The van der Waals surface area contributed by atoms with Crippen molar-refractivity contribution in [2.75, 3.05) is 7.11 Å². The van der Waals surface area contributed by atoms with Crippen LogP contribution in [0.25, 0.3) is 0 Å². The molecule has 0 radical (unpaired) electrons. The van der Waals surface area contributed by atoms with Gasteiger partial charge in [-0.15, -0.1) is 0 Å². The molecule has 7 nitrogen and oxygen atoms in total. The number of aromatic nitrogens is 2. The standard InChI is InChI=1S/C17H22BrN3O4S/c1-12-19-16(20-25-12)17(9-5-3-4-6-10-17)21-26(22,23)15-11-13(18)7-8-14(15)24-2/h7-8,11,21H,3-6,9-10H2,1-2H3. The monoisotopic (exact) mass is 443 g/mol. The zero-order valence-electron chi connectivity index (χ0n) is 14.8. The lowest BCUT2D eigenvalue weighted by molar-refractivity contribution is 0.301. The highest BCUT2D eigenvalue weighted by atomic mass is 79.9. The molecule has 3 rings (SSSR count). The van der Waals surface area contributed by atoms with E-state index in [-0.39, 0.29) is 10.6 Å². The van der Waals surface area contributed by atoms with Gasteiger partial charge in [-0.3, -0.25) is 0 Å². The molecule has 0 spiro atoms. The number of hydrogen-bond donors (Lipinski definition) is 1. The Balaban J connectivity index is 2.05. The number of benzene rings is 1. The van der Waals surface area contributed by atoms with Crippen LogP contribution in [0.3, 0.4) is 0 Å². The van der Waals surface area contributed by atoms with Gasteiger partial charge in [0.2, 0.25) is 15.9 Å². The summed E-state index contributed by atoms with van der Waals surface area (Å²) in [5, 5.41) is 4.04. The van der Waals surface area contributed by atoms with Crippen LogP contribution in [0.4, 0.5) is 0 Å². The minimum Gasteiger partial charge on any atom is -0.495 e. The second-order valence-electron chi connectivity index (χ2n) is 6.53. The molecule has 1 aromatic heterocycles. The van der Waals surface area contributed by atoms with Crippen molar-refractivity contribution in [1.82, 2.24) is 14.9 Å². The lowest BCUT2D eigenvalue weighted by Gasteiger charge is -2.30. The van der Waals surface area contributed by atoms with E-state index in [9.17, 15) is 8.42 Å². The molecule has 0 atom stereocenters. The summed E-state index contributed by atoms with van der Waals surface area (Å²) < 4.78 is 40.4. The molecule has 142 valence electrons. The highest BCUT2D eigenvalue weighted by Gasteiger charge is 2.41. The predicted octanol–water partition coefficient (Wildman–Crippen LogP) is 3.68. The van der Waals surface area contributed by atoms with Crippen LogP contribution < -0.4 is 9.46 Å². The number of rotatable bonds is 5. The summed E-state index contributed by atoms with van der Waals surface area (Å²) >= 11 is 3.33.